The predicted octanol–water partition coefficient (Wildman–Crippen LogP) is 3.99. The van der Waals surface area contributed by atoms with Gasteiger partial charge in [0.05, 0.1) is 42.4 Å². The summed E-state index contributed by atoms with van der Waals surface area (Å²) in [7, 11) is 0. The van der Waals surface area contributed by atoms with Gasteiger partial charge in [-0.2, -0.15) is 0 Å². The summed E-state index contributed by atoms with van der Waals surface area (Å²) in [5.41, 5.74) is -1.33. The van der Waals surface area contributed by atoms with Crippen LogP contribution in [0.3, 0.4) is 0 Å². The normalized spacial score (nSPS) is 30.7. The van der Waals surface area contributed by atoms with Crippen molar-refractivity contribution in [2.45, 2.75) is 37.1 Å². The molecular formula is C29H24N2O7. The summed E-state index contributed by atoms with van der Waals surface area (Å²) in [6.07, 6.45) is -0.342. The van der Waals surface area contributed by atoms with Crippen molar-refractivity contribution in [1.29, 1.82) is 0 Å². The predicted molar refractivity (Wildman–Crippen MR) is 135 cm³/mol. The molecule has 1 N–H and O–H groups in total. The minimum atomic E-state index is -1.18. The number of ether oxygens (including phenoxy) is 4. The Morgan fingerprint density at radius 1 is 1.05 bits per heavy atom. The molecule has 192 valence electrons. The molecule has 0 aromatic heterocycles. The van der Waals surface area contributed by atoms with E-state index < -0.39 is 29.1 Å². The van der Waals surface area contributed by atoms with Gasteiger partial charge in [0.25, 0.3) is 0 Å². The van der Waals surface area contributed by atoms with Gasteiger partial charge in [-0.15, -0.1) is 0 Å². The summed E-state index contributed by atoms with van der Waals surface area (Å²) in [6.45, 7) is 9.60. The first-order chi connectivity index (χ1) is 18.4. The largest absolute Gasteiger partial charge is 0.493 e. The lowest BCUT2D eigenvalue weighted by Crippen LogP contribution is -2.49. The van der Waals surface area contributed by atoms with Crippen molar-refractivity contribution in [1.82, 2.24) is 0 Å². The van der Waals surface area contributed by atoms with Crippen LogP contribution in [0.5, 0.6) is 17.2 Å². The highest BCUT2D eigenvalue weighted by Crippen LogP contribution is 2.62. The summed E-state index contributed by atoms with van der Waals surface area (Å²) >= 11 is 0. The SMILES string of the molecule is [C-]#[N+]c1ccc(N2C(=O)[C@@H]3[C@H](C2=O)C2(C)OC3(CCOc3ccc4c(c3)OCO4)CC2O)c2ccccc12. The van der Waals surface area contributed by atoms with Crippen molar-refractivity contribution in [3.05, 3.63) is 66.0 Å². The number of nitrogens with zero attached hydrogens (tertiary/aromatic N) is 2. The zero-order chi connectivity index (χ0) is 26.2. The van der Waals surface area contributed by atoms with Gasteiger partial charge in [-0.1, -0.05) is 30.3 Å². The number of aliphatic hydroxyl groups excluding tert-OH is 1. The second-order valence-electron chi connectivity index (χ2n) is 10.4. The van der Waals surface area contributed by atoms with Gasteiger partial charge in [-0.3, -0.25) is 9.59 Å². The van der Waals surface area contributed by atoms with E-state index in [-0.39, 0.29) is 31.6 Å². The molecule has 2 bridgehead atoms. The highest BCUT2D eigenvalue weighted by Gasteiger charge is 2.77. The number of benzene rings is 3. The highest BCUT2D eigenvalue weighted by molar-refractivity contribution is 6.26. The standard InChI is InChI=1S/C29H24N2O7/c1-28-23(32)14-29(38-28,11-12-35-16-7-10-21-22(13-16)37-15-36-21)25-24(28)26(33)31(27(25)34)20-9-8-19(30-2)17-5-3-4-6-18(17)20/h3-10,13,23-25,32H,11-12,14-15H2,1H3/t23?,24-,25+,28?,29?/m1/s1. The van der Waals surface area contributed by atoms with Gasteiger partial charge in [0.15, 0.2) is 17.2 Å². The van der Waals surface area contributed by atoms with Crippen LogP contribution < -0.4 is 19.1 Å². The number of aliphatic hydroxyl groups is 1. The molecule has 4 aliphatic heterocycles. The number of carbonyl (C=O) groups is 2. The van der Waals surface area contributed by atoms with Crippen LogP contribution in [0.2, 0.25) is 0 Å². The maximum Gasteiger partial charge on any atom is 0.240 e. The van der Waals surface area contributed by atoms with Crippen molar-refractivity contribution in [2.24, 2.45) is 11.8 Å². The first-order valence-electron chi connectivity index (χ1n) is 12.5. The zero-order valence-electron chi connectivity index (χ0n) is 20.5. The Hall–Kier alpha value is -4.13. The number of anilines is 1. The van der Waals surface area contributed by atoms with E-state index >= 15 is 0 Å². The molecule has 7 rings (SSSR count). The fourth-order valence-electron chi connectivity index (χ4n) is 6.73. The van der Waals surface area contributed by atoms with Crippen LogP contribution >= 0.6 is 0 Å². The van der Waals surface area contributed by atoms with E-state index in [9.17, 15) is 14.7 Å². The van der Waals surface area contributed by atoms with E-state index in [1.807, 2.05) is 24.3 Å². The summed E-state index contributed by atoms with van der Waals surface area (Å²) in [5, 5.41) is 12.3. The lowest BCUT2D eigenvalue weighted by atomic mass is 9.66. The Balaban J connectivity index is 1.21. The van der Waals surface area contributed by atoms with E-state index in [4.69, 9.17) is 25.5 Å². The molecule has 0 radical (unpaired) electrons. The van der Waals surface area contributed by atoms with Crippen molar-refractivity contribution in [2.75, 3.05) is 18.3 Å². The van der Waals surface area contributed by atoms with Crippen LogP contribution in [0.4, 0.5) is 11.4 Å². The molecule has 5 atom stereocenters. The van der Waals surface area contributed by atoms with Crippen molar-refractivity contribution in [3.63, 3.8) is 0 Å². The van der Waals surface area contributed by atoms with Crippen LogP contribution in [0, 0.1) is 18.4 Å². The van der Waals surface area contributed by atoms with Gasteiger partial charge in [-0.05, 0) is 35.9 Å². The minimum absolute atomic E-state index is 0.164. The number of amides is 2. The number of hydrogen-bond acceptors (Lipinski definition) is 7. The molecule has 3 aromatic rings. The van der Waals surface area contributed by atoms with Crippen LogP contribution in [-0.4, -0.2) is 47.6 Å². The summed E-state index contributed by atoms with van der Waals surface area (Å²) in [5.74, 6) is -0.458. The second kappa shape index (κ2) is 7.93. The number of carbonyl (C=O) groups excluding carboxylic acids is 2. The van der Waals surface area contributed by atoms with E-state index in [0.717, 1.165) is 0 Å². The topological polar surface area (TPSA) is 98.9 Å². The molecule has 0 aliphatic carbocycles. The number of hydrogen-bond donors (Lipinski definition) is 1. The monoisotopic (exact) mass is 512 g/mol. The molecule has 0 saturated carbocycles. The quantitative estimate of drug-likeness (QED) is 0.408. The van der Waals surface area contributed by atoms with Crippen LogP contribution in [0.1, 0.15) is 19.8 Å². The van der Waals surface area contributed by atoms with Gasteiger partial charge in [0.1, 0.15) is 11.4 Å². The summed E-state index contributed by atoms with van der Waals surface area (Å²) in [4.78, 5) is 32.7. The molecular weight excluding hydrogens is 488 g/mol. The van der Waals surface area contributed by atoms with Crippen molar-refractivity contribution >= 4 is 34.0 Å². The molecule has 3 aromatic carbocycles. The zero-order valence-corrected chi connectivity index (χ0v) is 20.5. The number of imide groups is 1. The number of fused-ring (bicyclic) bond motifs is 7. The van der Waals surface area contributed by atoms with Gasteiger partial charge >= 0.3 is 0 Å². The van der Waals surface area contributed by atoms with Gasteiger partial charge < -0.3 is 24.1 Å². The van der Waals surface area contributed by atoms with E-state index in [2.05, 4.69) is 4.85 Å². The summed E-state index contributed by atoms with van der Waals surface area (Å²) < 4.78 is 23.1. The maximum absolute atomic E-state index is 14.0. The number of rotatable bonds is 5. The van der Waals surface area contributed by atoms with E-state index in [1.54, 1.807) is 37.3 Å². The van der Waals surface area contributed by atoms with Gasteiger partial charge in [-0.25, -0.2) is 9.74 Å². The third kappa shape index (κ3) is 2.98. The molecule has 2 amide bonds. The Bertz CT molecular complexity index is 1560. The van der Waals surface area contributed by atoms with Crippen molar-refractivity contribution < 1.29 is 33.6 Å². The Morgan fingerprint density at radius 3 is 2.63 bits per heavy atom. The van der Waals surface area contributed by atoms with E-state index in [1.165, 1.54) is 4.90 Å². The average molecular weight is 513 g/mol. The fraction of sp³-hybridized carbons (Fsp3) is 0.345. The average Bonchev–Trinajstić information content (AvgIpc) is 3.62. The molecule has 9 nitrogen and oxygen atoms in total. The fourth-order valence-corrected chi connectivity index (χ4v) is 6.73. The van der Waals surface area contributed by atoms with Crippen LogP contribution in [0.25, 0.3) is 15.6 Å². The summed E-state index contributed by atoms with van der Waals surface area (Å²) in [6, 6.07) is 15.9. The Kier molecular flexibility index (Phi) is 4.81. The molecule has 4 heterocycles. The Morgan fingerprint density at radius 2 is 1.82 bits per heavy atom. The van der Waals surface area contributed by atoms with Crippen LogP contribution in [0.15, 0.2) is 54.6 Å². The smallest absolute Gasteiger partial charge is 0.240 e. The molecule has 38 heavy (non-hydrogen) atoms. The molecule has 3 fully saturated rings. The van der Waals surface area contributed by atoms with E-state index in [0.29, 0.717) is 45.8 Å². The Labute approximate surface area is 218 Å². The van der Waals surface area contributed by atoms with Gasteiger partial charge in [0, 0.05) is 18.9 Å². The lowest BCUT2D eigenvalue weighted by molar-refractivity contribution is -0.134. The molecule has 9 heteroatoms. The van der Waals surface area contributed by atoms with Crippen molar-refractivity contribution in [3.8, 4) is 17.2 Å². The molecule has 4 aliphatic rings. The first kappa shape index (κ1) is 23.0. The molecule has 3 unspecified atom stereocenters. The third-order valence-electron chi connectivity index (χ3n) is 8.49. The van der Waals surface area contributed by atoms with Gasteiger partial charge in [0.2, 0.25) is 18.6 Å². The third-order valence-corrected chi connectivity index (χ3v) is 8.49. The second-order valence-corrected chi connectivity index (χ2v) is 10.4. The molecule has 0 spiro atoms. The molecule has 3 saturated heterocycles. The minimum Gasteiger partial charge on any atom is -0.493 e. The lowest BCUT2D eigenvalue weighted by Gasteiger charge is -2.33. The van der Waals surface area contributed by atoms with Crippen LogP contribution in [-0.2, 0) is 14.3 Å². The first-order valence-corrected chi connectivity index (χ1v) is 12.5. The highest BCUT2D eigenvalue weighted by atomic mass is 16.7. The maximum atomic E-state index is 14.0.